The van der Waals surface area contributed by atoms with Crippen LogP contribution in [0.5, 0.6) is 11.5 Å². The Morgan fingerprint density at radius 1 is 1.05 bits per heavy atom. The molecule has 0 N–H and O–H groups in total. The van der Waals surface area contributed by atoms with Gasteiger partial charge in [0.25, 0.3) is 5.89 Å². The van der Waals surface area contributed by atoms with Gasteiger partial charge in [-0.1, -0.05) is 28.9 Å². The van der Waals surface area contributed by atoms with Crippen molar-refractivity contribution in [2.75, 3.05) is 7.11 Å². The summed E-state index contributed by atoms with van der Waals surface area (Å²) in [5, 5.41) is 4.49. The maximum absolute atomic E-state index is 6.10. The van der Waals surface area contributed by atoms with Gasteiger partial charge in [-0.2, -0.15) is 4.98 Å². The lowest BCUT2D eigenvalue weighted by atomic mass is 10.2. The number of hydrogen-bond donors (Lipinski definition) is 0. The normalized spacial score (nSPS) is 10.5. The minimum Gasteiger partial charge on any atom is -0.497 e. The van der Waals surface area contributed by atoms with Gasteiger partial charge in [0, 0.05) is 5.56 Å². The summed E-state index contributed by atoms with van der Waals surface area (Å²) in [4.78, 5) is 4.28. The molecule has 0 unspecified atom stereocenters. The Balaban J connectivity index is 1.68. The van der Waals surface area contributed by atoms with E-state index in [4.69, 9.17) is 25.6 Å². The molecule has 0 aliphatic heterocycles. The average molecular weight is 317 g/mol. The summed E-state index contributed by atoms with van der Waals surface area (Å²) in [6.45, 7) is 0.184. The number of benzene rings is 2. The van der Waals surface area contributed by atoms with Crippen LogP contribution >= 0.6 is 11.6 Å². The molecule has 0 aliphatic carbocycles. The molecular weight excluding hydrogens is 304 g/mol. The predicted octanol–water partition coefficient (Wildman–Crippen LogP) is 3.98. The average Bonchev–Trinajstić information content (AvgIpc) is 3.02. The Morgan fingerprint density at radius 3 is 2.50 bits per heavy atom. The highest BCUT2D eigenvalue weighted by Crippen LogP contribution is 2.25. The fourth-order valence-corrected chi connectivity index (χ4v) is 2.10. The van der Waals surface area contributed by atoms with E-state index in [1.807, 2.05) is 42.5 Å². The van der Waals surface area contributed by atoms with Gasteiger partial charge in [-0.15, -0.1) is 0 Å². The first-order valence-corrected chi connectivity index (χ1v) is 6.98. The van der Waals surface area contributed by atoms with Crippen LogP contribution in [-0.4, -0.2) is 17.3 Å². The van der Waals surface area contributed by atoms with Gasteiger partial charge < -0.3 is 14.0 Å². The molecule has 0 atom stereocenters. The highest BCUT2D eigenvalue weighted by atomic mass is 35.5. The van der Waals surface area contributed by atoms with Crippen LogP contribution in [-0.2, 0) is 6.61 Å². The van der Waals surface area contributed by atoms with Crippen LogP contribution in [0.1, 0.15) is 5.89 Å². The first-order chi connectivity index (χ1) is 10.8. The smallest absolute Gasteiger partial charge is 0.264 e. The van der Waals surface area contributed by atoms with Gasteiger partial charge >= 0.3 is 0 Å². The predicted molar refractivity (Wildman–Crippen MR) is 82.1 cm³/mol. The van der Waals surface area contributed by atoms with Gasteiger partial charge in [0.05, 0.1) is 12.1 Å². The highest BCUT2D eigenvalue weighted by Gasteiger charge is 2.11. The van der Waals surface area contributed by atoms with Crippen LogP contribution in [0.4, 0.5) is 0 Å². The molecule has 2 aromatic carbocycles. The number of nitrogens with zero attached hydrogens (tertiary/aromatic N) is 2. The molecule has 0 radical (unpaired) electrons. The summed E-state index contributed by atoms with van der Waals surface area (Å²) in [5.74, 6) is 2.29. The fourth-order valence-electron chi connectivity index (χ4n) is 1.88. The quantitative estimate of drug-likeness (QED) is 0.712. The molecule has 1 aromatic heterocycles. The van der Waals surface area contributed by atoms with Crippen molar-refractivity contribution < 1.29 is 14.0 Å². The lowest BCUT2D eigenvalue weighted by Gasteiger charge is -2.04. The maximum Gasteiger partial charge on any atom is 0.264 e. The van der Waals surface area contributed by atoms with Gasteiger partial charge in [-0.25, -0.2) is 0 Å². The highest BCUT2D eigenvalue weighted by molar-refractivity contribution is 6.33. The molecule has 3 rings (SSSR count). The standard InChI is InChI=1S/C16H13ClN2O3/c1-20-11-6-8-12(9-7-11)21-10-15-18-16(19-22-15)13-4-2-3-5-14(13)17/h2-9H,10H2,1H3. The SMILES string of the molecule is COc1ccc(OCc2nc(-c3ccccc3Cl)no2)cc1. The number of hydrogen-bond acceptors (Lipinski definition) is 5. The molecule has 0 saturated heterocycles. The summed E-state index contributed by atoms with van der Waals surface area (Å²) in [7, 11) is 1.62. The second kappa shape index (κ2) is 6.49. The summed E-state index contributed by atoms with van der Waals surface area (Å²) >= 11 is 6.10. The molecule has 6 heteroatoms. The third-order valence-electron chi connectivity index (χ3n) is 3.00. The minimum atomic E-state index is 0.184. The third-order valence-corrected chi connectivity index (χ3v) is 3.33. The fraction of sp³-hybridized carbons (Fsp3) is 0.125. The topological polar surface area (TPSA) is 57.4 Å². The summed E-state index contributed by atoms with van der Waals surface area (Å²) in [6.07, 6.45) is 0. The van der Waals surface area contributed by atoms with E-state index in [1.165, 1.54) is 0 Å². The van der Waals surface area contributed by atoms with Crippen LogP contribution in [0.25, 0.3) is 11.4 Å². The lowest BCUT2D eigenvalue weighted by molar-refractivity contribution is 0.242. The Bertz CT molecular complexity index is 756. The van der Waals surface area contributed by atoms with Crippen LogP contribution in [0.2, 0.25) is 5.02 Å². The van der Waals surface area contributed by atoms with E-state index < -0.39 is 0 Å². The third kappa shape index (κ3) is 3.20. The number of aromatic nitrogens is 2. The van der Waals surface area contributed by atoms with Crippen molar-refractivity contribution >= 4 is 11.6 Å². The number of methoxy groups -OCH3 is 1. The van der Waals surface area contributed by atoms with Gasteiger partial charge in [0.2, 0.25) is 5.82 Å². The van der Waals surface area contributed by atoms with E-state index in [2.05, 4.69) is 10.1 Å². The van der Waals surface area contributed by atoms with Crippen molar-refractivity contribution in [3.8, 4) is 22.9 Å². The van der Waals surface area contributed by atoms with Crippen molar-refractivity contribution in [1.29, 1.82) is 0 Å². The van der Waals surface area contributed by atoms with Crippen molar-refractivity contribution in [2.45, 2.75) is 6.61 Å². The van der Waals surface area contributed by atoms with Crippen molar-refractivity contribution in [1.82, 2.24) is 10.1 Å². The Hall–Kier alpha value is -2.53. The molecule has 0 spiro atoms. The van der Waals surface area contributed by atoms with Gasteiger partial charge in [-0.3, -0.25) is 0 Å². The molecule has 5 nitrogen and oxygen atoms in total. The van der Waals surface area contributed by atoms with Crippen molar-refractivity contribution in [3.05, 3.63) is 59.4 Å². The van der Waals surface area contributed by atoms with Gasteiger partial charge in [0.1, 0.15) is 11.5 Å². The lowest BCUT2D eigenvalue weighted by Crippen LogP contribution is -1.95. The van der Waals surface area contributed by atoms with Crippen LogP contribution < -0.4 is 9.47 Å². The van der Waals surface area contributed by atoms with Crippen LogP contribution in [0.15, 0.2) is 53.1 Å². The number of rotatable bonds is 5. The van der Waals surface area contributed by atoms with Crippen molar-refractivity contribution in [2.24, 2.45) is 0 Å². The zero-order valence-corrected chi connectivity index (χ0v) is 12.6. The summed E-state index contributed by atoms with van der Waals surface area (Å²) in [5.41, 5.74) is 0.726. The number of halogens is 1. The van der Waals surface area contributed by atoms with E-state index in [0.29, 0.717) is 22.5 Å². The first kappa shape index (κ1) is 14.4. The Labute approximate surface area is 132 Å². The molecule has 0 saturated carbocycles. The first-order valence-electron chi connectivity index (χ1n) is 6.60. The molecule has 0 bridgehead atoms. The zero-order valence-electron chi connectivity index (χ0n) is 11.8. The minimum absolute atomic E-state index is 0.184. The monoisotopic (exact) mass is 316 g/mol. The van der Waals surface area contributed by atoms with Crippen LogP contribution in [0.3, 0.4) is 0 Å². The maximum atomic E-state index is 6.10. The van der Waals surface area contributed by atoms with Crippen molar-refractivity contribution in [3.63, 3.8) is 0 Å². The van der Waals surface area contributed by atoms with E-state index >= 15 is 0 Å². The summed E-state index contributed by atoms with van der Waals surface area (Å²) in [6, 6.07) is 14.6. The van der Waals surface area contributed by atoms with Crippen LogP contribution in [0, 0.1) is 0 Å². The van der Waals surface area contributed by atoms with E-state index in [-0.39, 0.29) is 6.61 Å². The molecule has 0 amide bonds. The molecule has 1 heterocycles. The van der Waals surface area contributed by atoms with Gasteiger partial charge in [-0.05, 0) is 36.4 Å². The molecule has 3 aromatic rings. The Kier molecular flexibility index (Phi) is 4.25. The van der Waals surface area contributed by atoms with E-state index in [1.54, 1.807) is 13.2 Å². The second-order valence-electron chi connectivity index (χ2n) is 4.46. The van der Waals surface area contributed by atoms with Gasteiger partial charge in [0.15, 0.2) is 6.61 Å². The zero-order chi connectivity index (χ0) is 15.4. The molecule has 0 fully saturated rings. The Morgan fingerprint density at radius 2 is 1.77 bits per heavy atom. The molecule has 22 heavy (non-hydrogen) atoms. The summed E-state index contributed by atoms with van der Waals surface area (Å²) < 4.78 is 15.8. The second-order valence-corrected chi connectivity index (χ2v) is 4.86. The molecule has 112 valence electrons. The van der Waals surface area contributed by atoms with E-state index in [9.17, 15) is 0 Å². The largest absolute Gasteiger partial charge is 0.497 e. The van der Waals surface area contributed by atoms with E-state index in [0.717, 1.165) is 11.3 Å². The molecular formula is C16H13ClN2O3. The molecule has 0 aliphatic rings. The number of ether oxygens (including phenoxy) is 2.